The van der Waals surface area contributed by atoms with E-state index in [0.717, 1.165) is 17.9 Å². The molecule has 1 atom stereocenters. The van der Waals surface area contributed by atoms with E-state index in [2.05, 4.69) is 38.2 Å². The smallest absolute Gasteiger partial charge is 0.141 e. The highest BCUT2D eigenvalue weighted by Gasteiger charge is 2.09. The number of unbranched alkanes of at least 4 members (excludes halogenated alkanes) is 1. The molecule has 1 aromatic rings. The third-order valence-electron chi connectivity index (χ3n) is 3.11. The van der Waals surface area contributed by atoms with Gasteiger partial charge in [0, 0.05) is 6.04 Å². The van der Waals surface area contributed by atoms with Gasteiger partial charge in [0.05, 0.1) is 12.8 Å². The number of methoxy groups -OCH3 is 1. The maximum Gasteiger partial charge on any atom is 0.141 e. The summed E-state index contributed by atoms with van der Waals surface area (Å²) in [7, 11) is 1.73. The molecule has 1 N–H and O–H groups in total. The zero-order valence-electron chi connectivity index (χ0n) is 11.5. The summed E-state index contributed by atoms with van der Waals surface area (Å²) in [5.74, 6) is 0.936. The Balaban J connectivity index is 2.73. The Morgan fingerprint density at radius 1 is 1.29 bits per heavy atom. The number of anilines is 1. The molecule has 1 aromatic carbocycles. The summed E-state index contributed by atoms with van der Waals surface area (Å²) < 4.78 is 5.39. The van der Waals surface area contributed by atoms with Crippen LogP contribution < -0.4 is 10.1 Å². The Bertz CT molecular complexity index is 336. The Labute approximate surface area is 105 Å². The molecule has 0 aliphatic rings. The van der Waals surface area contributed by atoms with Gasteiger partial charge in [-0.2, -0.15) is 0 Å². The van der Waals surface area contributed by atoms with Gasteiger partial charge >= 0.3 is 0 Å². The highest BCUT2D eigenvalue weighted by molar-refractivity contribution is 5.58. The van der Waals surface area contributed by atoms with Gasteiger partial charge in [-0.3, -0.25) is 0 Å². The van der Waals surface area contributed by atoms with Gasteiger partial charge < -0.3 is 10.1 Å². The first-order valence-corrected chi connectivity index (χ1v) is 6.62. The van der Waals surface area contributed by atoms with Gasteiger partial charge in [-0.15, -0.1) is 0 Å². The van der Waals surface area contributed by atoms with Crippen LogP contribution in [-0.2, 0) is 0 Å². The van der Waals surface area contributed by atoms with Gasteiger partial charge in [0.2, 0.25) is 0 Å². The molecule has 0 fully saturated rings. The lowest BCUT2D eigenvalue weighted by Crippen LogP contribution is -2.18. The molecular weight excluding hydrogens is 210 g/mol. The number of ether oxygens (including phenoxy) is 1. The summed E-state index contributed by atoms with van der Waals surface area (Å²) >= 11 is 0. The van der Waals surface area contributed by atoms with Crippen molar-refractivity contribution in [2.75, 3.05) is 12.4 Å². The topological polar surface area (TPSA) is 21.3 Å². The van der Waals surface area contributed by atoms with Crippen molar-refractivity contribution in [1.82, 2.24) is 0 Å². The molecule has 0 heterocycles. The molecule has 1 unspecified atom stereocenters. The second-order valence-electron chi connectivity index (χ2n) is 4.60. The van der Waals surface area contributed by atoms with Crippen LogP contribution in [0, 0.1) is 6.92 Å². The van der Waals surface area contributed by atoms with Crippen molar-refractivity contribution in [3.05, 3.63) is 23.8 Å². The summed E-state index contributed by atoms with van der Waals surface area (Å²) in [6, 6.07) is 6.82. The molecule has 0 saturated heterocycles. The zero-order valence-corrected chi connectivity index (χ0v) is 11.5. The quantitative estimate of drug-likeness (QED) is 0.757. The van der Waals surface area contributed by atoms with Crippen LogP contribution in [0.3, 0.4) is 0 Å². The van der Waals surface area contributed by atoms with E-state index in [-0.39, 0.29) is 0 Å². The molecule has 0 saturated carbocycles. The van der Waals surface area contributed by atoms with E-state index in [1.165, 1.54) is 24.8 Å². The fourth-order valence-corrected chi connectivity index (χ4v) is 1.98. The van der Waals surface area contributed by atoms with Crippen LogP contribution in [0.4, 0.5) is 5.69 Å². The Morgan fingerprint density at radius 3 is 2.65 bits per heavy atom. The molecule has 0 aliphatic carbocycles. The van der Waals surface area contributed by atoms with Crippen LogP contribution >= 0.6 is 0 Å². The molecule has 2 heteroatoms. The summed E-state index contributed by atoms with van der Waals surface area (Å²) in [5.41, 5.74) is 2.38. The summed E-state index contributed by atoms with van der Waals surface area (Å²) in [6.07, 6.45) is 4.91. The molecule has 2 nitrogen and oxygen atoms in total. The maximum absolute atomic E-state index is 5.39. The highest BCUT2D eigenvalue weighted by atomic mass is 16.5. The van der Waals surface area contributed by atoms with Crippen molar-refractivity contribution in [2.45, 2.75) is 52.5 Å². The summed E-state index contributed by atoms with van der Waals surface area (Å²) in [5, 5.41) is 3.60. The first-order chi connectivity index (χ1) is 8.21. The van der Waals surface area contributed by atoms with E-state index < -0.39 is 0 Å². The van der Waals surface area contributed by atoms with E-state index in [0.29, 0.717) is 6.04 Å². The van der Waals surface area contributed by atoms with E-state index in [1.54, 1.807) is 7.11 Å². The Kier molecular flexibility index (Phi) is 5.88. The molecule has 0 spiro atoms. The van der Waals surface area contributed by atoms with Crippen LogP contribution in [0.15, 0.2) is 18.2 Å². The zero-order chi connectivity index (χ0) is 12.7. The number of hydrogen-bond acceptors (Lipinski definition) is 2. The predicted octanol–water partition coefficient (Wildman–Crippen LogP) is 4.38. The highest BCUT2D eigenvalue weighted by Crippen LogP contribution is 2.27. The minimum atomic E-state index is 0.547. The van der Waals surface area contributed by atoms with Crippen molar-refractivity contribution in [1.29, 1.82) is 0 Å². The van der Waals surface area contributed by atoms with Gasteiger partial charge in [-0.25, -0.2) is 0 Å². The lowest BCUT2D eigenvalue weighted by molar-refractivity contribution is 0.415. The molecule has 17 heavy (non-hydrogen) atoms. The third kappa shape index (κ3) is 4.29. The van der Waals surface area contributed by atoms with Crippen LogP contribution in [0.25, 0.3) is 0 Å². The minimum absolute atomic E-state index is 0.547. The van der Waals surface area contributed by atoms with Gasteiger partial charge in [-0.05, 0) is 37.5 Å². The first-order valence-electron chi connectivity index (χ1n) is 6.62. The van der Waals surface area contributed by atoms with Crippen molar-refractivity contribution in [3.8, 4) is 5.75 Å². The van der Waals surface area contributed by atoms with Crippen LogP contribution in [0.2, 0.25) is 0 Å². The van der Waals surface area contributed by atoms with Gasteiger partial charge in [0.25, 0.3) is 0 Å². The summed E-state index contributed by atoms with van der Waals surface area (Å²) in [6.45, 7) is 6.58. The molecule has 0 aliphatic heterocycles. The van der Waals surface area contributed by atoms with E-state index in [9.17, 15) is 0 Å². The molecular formula is C15H25NO. The SMILES string of the molecule is CCCCC(CC)Nc1cc(C)ccc1OC. The minimum Gasteiger partial charge on any atom is -0.495 e. The molecule has 0 radical (unpaired) electrons. The number of hydrogen-bond donors (Lipinski definition) is 1. The Morgan fingerprint density at radius 2 is 2.06 bits per heavy atom. The molecule has 0 amide bonds. The lowest BCUT2D eigenvalue weighted by atomic mass is 10.1. The Hall–Kier alpha value is -1.18. The van der Waals surface area contributed by atoms with E-state index >= 15 is 0 Å². The average molecular weight is 235 g/mol. The molecule has 0 bridgehead atoms. The second-order valence-corrected chi connectivity index (χ2v) is 4.60. The van der Waals surface area contributed by atoms with Crippen molar-refractivity contribution in [2.24, 2.45) is 0 Å². The van der Waals surface area contributed by atoms with Gasteiger partial charge in [0.15, 0.2) is 0 Å². The number of rotatable bonds is 7. The monoisotopic (exact) mass is 235 g/mol. The fraction of sp³-hybridized carbons (Fsp3) is 0.600. The predicted molar refractivity (Wildman–Crippen MR) is 75.0 cm³/mol. The van der Waals surface area contributed by atoms with Crippen LogP contribution in [0.5, 0.6) is 5.75 Å². The number of nitrogens with one attached hydrogen (secondary N) is 1. The lowest BCUT2D eigenvalue weighted by Gasteiger charge is -2.20. The second kappa shape index (κ2) is 7.21. The standard InChI is InChI=1S/C15H25NO/c1-5-7-8-13(6-2)16-14-11-12(3)9-10-15(14)17-4/h9-11,13,16H,5-8H2,1-4H3. The normalized spacial score (nSPS) is 12.2. The van der Waals surface area contributed by atoms with Crippen molar-refractivity contribution >= 4 is 5.69 Å². The fourth-order valence-electron chi connectivity index (χ4n) is 1.98. The molecule has 96 valence electrons. The average Bonchev–Trinajstić information content (AvgIpc) is 2.34. The van der Waals surface area contributed by atoms with Crippen LogP contribution in [-0.4, -0.2) is 13.2 Å². The largest absolute Gasteiger partial charge is 0.495 e. The maximum atomic E-state index is 5.39. The molecule has 0 aromatic heterocycles. The van der Waals surface area contributed by atoms with E-state index in [4.69, 9.17) is 4.74 Å². The number of aryl methyl sites for hydroxylation is 1. The van der Waals surface area contributed by atoms with E-state index in [1.807, 2.05) is 6.07 Å². The van der Waals surface area contributed by atoms with Crippen molar-refractivity contribution in [3.63, 3.8) is 0 Å². The first kappa shape index (κ1) is 13.9. The number of benzene rings is 1. The van der Waals surface area contributed by atoms with Gasteiger partial charge in [-0.1, -0.05) is 32.8 Å². The summed E-state index contributed by atoms with van der Waals surface area (Å²) in [4.78, 5) is 0. The van der Waals surface area contributed by atoms with Crippen molar-refractivity contribution < 1.29 is 4.74 Å². The van der Waals surface area contributed by atoms with Crippen LogP contribution in [0.1, 0.15) is 45.1 Å². The third-order valence-corrected chi connectivity index (χ3v) is 3.11. The van der Waals surface area contributed by atoms with Gasteiger partial charge in [0.1, 0.15) is 5.75 Å². The molecule has 1 rings (SSSR count).